The Labute approximate surface area is 205 Å². The van der Waals surface area contributed by atoms with Crippen molar-refractivity contribution in [3.8, 4) is 23.7 Å². The van der Waals surface area contributed by atoms with E-state index in [1.807, 2.05) is 19.1 Å². The van der Waals surface area contributed by atoms with E-state index in [1.54, 1.807) is 6.92 Å². The van der Waals surface area contributed by atoms with Gasteiger partial charge in [0.25, 0.3) is 0 Å². The van der Waals surface area contributed by atoms with Crippen LogP contribution in [0, 0.1) is 46.9 Å². The third-order valence-electron chi connectivity index (χ3n) is 7.45. The predicted molar refractivity (Wildman–Crippen MR) is 135 cm³/mol. The topological polar surface area (TPSA) is 98.0 Å². The van der Waals surface area contributed by atoms with Crippen molar-refractivity contribution >= 4 is 5.97 Å². The number of hydrogen-bond donors (Lipinski definition) is 4. The number of rotatable bonds is 12. The summed E-state index contributed by atoms with van der Waals surface area (Å²) in [7, 11) is 0. The Balaban J connectivity index is 2.13. The zero-order chi connectivity index (χ0) is 25.0. The van der Waals surface area contributed by atoms with E-state index in [2.05, 4.69) is 29.8 Å². The molecule has 0 heterocycles. The minimum atomic E-state index is -0.760. The molecule has 2 rings (SSSR count). The Morgan fingerprint density at radius 3 is 2.71 bits per heavy atom. The largest absolute Gasteiger partial charge is 0.481 e. The Bertz CT molecular complexity index is 836. The molecule has 0 saturated heterocycles. The molecule has 2 aliphatic rings. The van der Waals surface area contributed by atoms with E-state index < -0.39 is 18.2 Å². The van der Waals surface area contributed by atoms with Gasteiger partial charge in [0.1, 0.15) is 0 Å². The lowest BCUT2D eigenvalue weighted by Gasteiger charge is -2.29. The van der Waals surface area contributed by atoms with Crippen molar-refractivity contribution in [1.29, 1.82) is 0 Å². The van der Waals surface area contributed by atoms with Crippen LogP contribution in [0.1, 0.15) is 84.5 Å². The lowest BCUT2D eigenvalue weighted by Crippen LogP contribution is -2.23. The van der Waals surface area contributed by atoms with E-state index in [4.69, 9.17) is 10.2 Å². The molecule has 0 radical (unpaired) electrons. The first-order chi connectivity index (χ1) is 16.3. The first-order valence-electron chi connectivity index (χ1n) is 12.7. The van der Waals surface area contributed by atoms with Crippen molar-refractivity contribution < 1.29 is 25.2 Å². The van der Waals surface area contributed by atoms with Gasteiger partial charge in [-0.25, -0.2) is 0 Å². The minimum absolute atomic E-state index is 0.00798. The average Bonchev–Trinajstić information content (AvgIpc) is 3.26. The maximum absolute atomic E-state index is 11.0. The molecule has 188 valence electrons. The van der Waals surface area contributed by atoms with E-state index in [1.165, 1.54) is 5.57 Å². The number of carbonyl (C=O) groups is 1. The second-order valence-corrected chi connectivity index (χ2v) is 10.0. The van der Waals surface area contributed by atoms with Crippen molar-refractivity contribution in [1.82, 2.24) is 0 Å². The number of unbranched alkanes of at least 4 members (excludes halogenated alkanes) is 2. The molecule has 4 N–H and O–H groups in total. The molecule has 0 aromatic heterocycles. The molecular weight excluding hydrogens is 428 g/mol. The molecule has 0 aliphatic heterocycles. The van der Waals surface area contributed by atoms with Crippen molar-refractivity contribution in [2.24, 2.45) is 23.2 Å². The van der Waals surface area contributed by atoms with Crippen LogP contribution < -0.4 is 0 Å². The van der Waals surface area contributed by atoms with Crippen LogP contribution in [0.2, 0.25) is 0 Å². The van der Waals surface area contributed by atoms with Crippen LogP contribution in [0.4, 0.5) is 0 Å². The molecule has 2 fully saturated rings. The Morgan fingerprint density at radius 1 is 1.24 bits per heavy atom. The van der Waals surface area contributed by atoms with Crippen LogP contribution in [0.3, 0.4) is 0 Å². The monoisotopic (exact) mass is 470 g/mol. The molecule has 0 bridgehead atoms. The van der Waals surface area contributed by atoms with Gasteiger partial charge in [-0.3, -0.25) is 4.79 Å². The van der Waals surface area contributed by atoms with Crippen LogP contribution in [0.25, 0.3) is 0 Å². The van der Waals surface area contributed by atoms with Gasteiger partial charge in [-0.15, -0.1) is 23.7 Å². The highest BCUT2D eigenvalue weighted by atomic mass is 16.4. The van der Waals surface area contributed by atoms with Crippen molar-refractivity contribution in [2.75, 3.05) is 6.61 Å². The molecule has 0 spiro atoms. The van der Waals surface area contributed by atoms with Gasteiger partial charge in [0.15, 0.2) is 0 Å². The molecule has 34 heavy (non-hydrogen) atoms. The molecule has 0 aromatic carbocycles. The zero-order valence-corrected chi connectivity index (χ0v) is 20.8. The van der Waals surface area contributed by atoms with Crippen molar-refractivity contribution in [2.45, 2.75) is 96.7 Å². The fraction of sp³-hybridized carbons (Fsp3) is 0.690. The number of carboxylic acids is 1. The third-order valence-corrected chi connectivity index (χ3v) is 7.45. The first-order valence-corrected chi connectivity index (χ1v) is 12.7. The standard InChI is InChI=1S/C29H42O5/c1-3-4-12-22(2)26(31)16-15-24-25-19-23(13-8-9-14-28(33)34)20-29(25,21-27(24)32)17-10-6-5-7-11-18-30/h13,15-16,22,24-27,30-32H,7-12,14,17-21H2,1-2H3,(H,33,34)/b16-15+,23-13-/t22?,24-,25-,26-,27-,29+/m1/s1. The molecular formula is C29H42O5. The molecule has 5 nitrogen and oxygen atoms in total. The van der Waals surface area contributed by atoms with Crippen LogP contribution in [-0.4, -0.2) is 45.2 Å². The quantitative estimate of drug-likeness (QED) is 0.192. The molecule has 2 saturated carbocycles. The molecule has 6 atom stereocenters. The summed E-state index contributed by atoms with van der Waals surface area (Å²) in [5.74, 6) is 11.8. The summed E-state index contributed by atoms with van der Waals surface area (Å²) in [5, 5.41) is 39.4. The summed E-state index contributed by atoms with van der Waals surface area (Å²) in [5.41, 5.74) is 1.35. The van der Waals surface area contributed by atoms with Gasteiger partial charge in [0, 0.05) is 38.2 Å². The van der Waals surface area contributed by atoms with Gasteiger partial charge >= 0.3 is 5.97 Å². The van der Waals surface area contributed by atoms with Gasteiger partial charge in [-0.2, -0.15) is 0 Å². The van der Waals surface area contributed by atoms with E-state index >= 15 is 0 Å². The molecule has 5 heteroatoms. The van der Waals surface area contributed by atoms with E-state index in [0.29, 0.717) is 31.6 Å². The lowest BCUT2D eigenvalue weighted by atomic mass is 9.74. The number of aliphatic hydroxyl groups is 3. The summed E-state index contributed by atoms with van der Waals surface area (Å²) in [4.78, 5) is 10.8. The summed E-state index contributed by atoms with van der Waals surface area (Å²) < 4.78 is 0. The molecule has 0 aromatic rings. The zero-order valence-electron chi connectivity index (χ0n) is 20.8. The van der Waals surface area contributed by atoms with E-state index in [0.717, 1.165) is 38.5 Å². The van der Waals surface area contributed by atoms with Gasteiger partial charge in [-0.1, -0.05) is 30.7 Å². The second-order valence-electron chi connectivity index (χ2n) is 10.0. The second kappa shape index (κ2) is 14.4. The van der Waals surface area contributed by atoms with Crippen LogP contribution in [0.15, 0.2) is 23.8 Å². The third kappa shape index (κ3) is 8.31. The highest BCUT2D eigenvalue weighted by molar-refractivity contribution is 5.66. The van der Waals surface area contributed by atoms with Gasteiger partial charge in [0.05, 0.1) is 12.2 Å². The summed E-state index contributed by atoms with van der Waals surface area (Å²) >= 11 is 0. The Morgan fingerprint density at radius 2 is 2.00 bits per heavy atom. The van der Waals surface area contributed by atoms with E-state index in [-0.39, 0.29) is 30.3 Å². The fourth-order valence-electron chi connectivity index (χ4n) is 5.57. The van der Waals surface area contributed by atoms with E-state index in [9.17, 15) is 15.0 Å². The SMILES string of the molecule is CC#CCC(C)[C@H](O)/C=C/[C@H]1[C@H](O)C[C@]2(CCC#CCCCO)C/C(=C\CCCC(=O)O)C[C@H]12. The summed E-state index contributed by atoms with van der Waals surface area (Å²) in [6.07, 6.45) is 12.9. The van der Waals surface area contributed by atoms with Crippen molar-refractivity contribution in [3.63, 3.8) is 0 Å². The predicted octanol–water partition coefficient (Wildman–Crippen LogP) is 4.47. The van der Waals surface area contributed by atoms with Crippen molar-refractivity contribution in [3.05, 3.63) is 23.8 Å². The maximum atomic E-state index is 11.0. The molecule has 0 amide bonds. The highest BCUT2D eigenvalue weighted by Gasteiger charge is 2.55. The van der Waals surface area contributed by atoms with Crippen LogP contribution in [0.5, 0.6) is 0 Å². The molecule has 2 aliphatic carbocycles. The Kier molecular flexibility index (Phi) is 11.9. The number of aliphatic carboxylic acids is 1. The number of allylic oxidation sites excluding steroid dienone is 2. The van der Waals surface area contributed by atoms with Gasteiger partial charge in [-0.05, 0) is 69.1 Å². The highest BCUT2D eigenvalue weighted by Crippen LogP contribution is 2.61. The lowest BCUT2D eigenvalue weighted by molar-refractivity contribution is -0.137. The van der Waals surface area contributed by atoms with Gasteiger partial charge < -0.3 is 20.4 Å². The smallest absolute Gasteiger partial charge is 0.303 e. The van der Waals surface area contributed by atoms with Crippen LogP contribution >= 0.6 is 0 Å². The normalized spacial score (nSPS) is 28.7. The fourth-order valence-corrected chi connectivity index (χ4v) is 5.57. The minimum Gasteiger partial charge on any atom is -0.481 e. The molecule has 1 unspecified atom stereocenters. The number of aliphatic hydroxyl groups excluding tert-OH is 3. The number of fused-ring (bicyclic) bond motifs is 1. The number of hydrogen-bond acceptors (Lipinski definition) is 4. The Hall–Kier alpha value is -2.05. The first kappa shape index (κ1) is 28.2. The summed E-state index contributed by atoms with van der Waals surface area (Å²) in [6.45, 7) is 3.94. The van der Waals surface area contributed by atoms with Gasteiger partial charge in [0.2, 0.25) is 0 Å². The summed E-state index contributed by atoms with van der Waals surface area (Å²) in [6, 6.07) is 0. The maximum Gasteiger partial charge on any atom is 0.303 e. The van der Waals surface area contributed by atoms with Crippen LogP contribution in [-0.2, 0) is 4.79 Å². The number of carboxylic acid groups (broad SMARTS) is 1. The average molecular weight is 471 g/mol.